The van der Waals surface area contributed by atoms with Gasteiger partial charge in [0.1, 0.15) is 14.0 Å². The van der Waals surface area contributed by atoms with Crippen LogP contribution in [0.2, 0.25) is 0 Å². The highest BCUT2D eigenvalue weighted by Gasteiger charge is 2.24. The van der Waals surface area contributed by atoms with E-state index in [0.29, 0.717) is 18.8 Å². The lowest BCUT2D eigenvalue weighted by Gasteiger charge is -2.15. The Kier molecular flexibility index (Phi) is 3.26. The largest absolute Gasteiger partial charge is 0.371 e. The van der Waals surface area contributed by atoms with Crippen LogP contribution in [0.3, 0.4) is 0 Å². The molecule has 1 heterocycles. The van der Waals surface area contributed by atoms with Gasteiger partial charge in [0.25, 0.3) is 0 Å². The number of rotatable bonds is 4. The summed E-state index contributed by atoms with van der Waals surface area (Å²) in [4.78, 5) is 0. The standard InChI is InChI=1S/C11H11BF2O2/c1-6(15-4-7-5-16-7)8-2-10(13)11(14)3-9(8)12/h2-3,6-7H,4-5H2,1H3/t6-,7?/m1/s1. The fourth-order valence-corrected chi connectivity index (χ4v) is 1.44. The van der Waals surface area contributed by atoms with Gasteiger partial charge in [0.2, 0.25) is 0 Å². The van der Waals surface area contributed by atoms with Gasteiger partial charge in [-0.25, -0.2) is 8.78 Å². The summed E-state index contributed by atoms with van der Waals surface area (Å²) in [6, 6.07) is 2.04. The van der Waals surface area contributed by atoms with E-state index in [1.165, 1.54) is 0 Å². The van der Waals surface area contributed by atoms with E-state index in [2.05, 4.69) is 0 Å². The minimum Gasteiger partial charge on any atom is -0.371 e. The van der Waals surface area contributed by atoms with Crippen LogP contribution >= 0.6 is 0 Å². The summed E-state index contributed by atoms with van der Waals surface area (Å²) in [6.07, 6.45) is -0.242. The number of hydrogen-bond donors (Lipinski definition) is 0. The molecule has 5 heteroatoms. The van der Waals surface area contributed by atoms with E-state index < -0.39 is 11.6 Å². The Balaban J connectivity index is 2.08. The Labute approximate surface area is 94.0 Å². The number of halogens is 2. The monoisotopic (exact) mass is 224 g/mol. The number of epoxide rings is 1. The normalized spacial score (nSPS) is 20.8. The molecule has 0 aromatic heterocycles. The summed E-state index contributed by atoms with van der Waals surface area (Å²) in [5, 5.41) is 0. The number of ether oxygens (including phenoxy) is 2. The zero-order chi connectivity index (χ0) is 11.7. The first-order valence-corrected chi connectivity index (χ1v) is 5.05. The molecule has 0 aliphatic carbocycles. The maximum atomic E-state index is 13.0. The molecule has 0 N–H and O–H groups in total. The Morgan fingerprint density at radius 1 is 1.50 bits per heavy atom. The molecule has 84 valence electrons. The zero-order valence-corrected chi connectivity index (χ0v) is 8.87. The third-order valence-electron chi connectivity index (χ3n) is 2.50. The minimum atomic E-state index is -0.945. The van der Waals surface area contributed by atoms with E-state index in [4.69, 9.17) is 17.3 Å². The molecule has 16 heavy (non-hydrogen) atoms. The Bertz CT molecular complexity index is 394. The van der Waals surface area contributed by atoms with Crippen LogP contribution in [0.5, 0.6) is 0 Å². The van der Waals surface area contributed by atoms with Crippen molar-refractivity contribution in [2.75, 3.05) is 13.2 Å². The number of hydrogen-bond acceptors (Lipinski definition) is 2. The highest BCUT2D eigenvalue weighted by Crippen LogP contribution is 2.19. The highest BCUT2D eigenvalue weighted by molar-refractivity contribution is 6.33. The van der Waals surface area contributed by atoms with E-state index in [-0.39, 0.29) is 17.7 Å². The summed E-state index contributed by atoms with van der Waals surface area (Å²) in [7, 11) is 5.60. The first kappa shape index (κ1) is 11.5. The molecular formula is C11H11BF2O2. The van der Waals surface area contributed by atoms with Gasteiger partial charge in [-0.05, 0) is 24.6 Å². The predicted octanol–water partition coefficient (Wildman–Crippen LogP) is 1.24. The first-order valence-electron chi connectivity index (χ1n) is 5.05. The van der Waals surface area contributed by atoms with Crippen LogP contribution in [-0.4, -0.2) is 27.2 Å². The van der Waals surface area contributed by atoms with Crippen molar-refractivity contribution in [2.45, 2.75) is 19.1 Å². The van der Waals surface area contributed by atoms with Gasteiger partial charge >= 0.3 is 0 Å². The molecule has 1 aliphatic heterocycles. The molecule has 2 nitrogen and oxygen atoms in total. The Morgan fingerprint density at radius 3 is 2.75 bits per heavy atom. The molecular weight excluding hydrogens is 213 g/mol. The summed E-state index contributed by atoms with van der Waals surface area (Å²) < 4.78 is 36.3. The summed E-state index contributed by atoms with van der Waals surface area (Å²) in [5.41, 5.74) is 0.655. The van der Waals surface area contributed by atoms with E-state index in [1.54, 1.807) is 6.92 Å². The van der Waals surface area contributed by atoms with Crippen LogP contribution < -0.4 is 5.46 Å². The van der Waals surface area contributed by atoms with Crippen LogP contribution in [0.25, 0.3) is 0 Å². The molecule has 1 fully saturated rings. The second-order valence-electron chi connectivity index (χ2n) is 3.83. The smallest absolute Gasteiger partial charge is 0.159 e. The molecule has 1 unspecified atom stereocenters. The summed E-state index contributed by atoms with van der Waals surface area (Å²) >= 11 is 0. The van der Waals surface area contributed by atoms with Crippen LogP contribution in [0, 0.1) is 11.6 Å². The average Bonchev–Trinajstić information content (AvgIpc) is 3.03. The highest BCUT2D eigenvalue weighted by atomic mass is 19.2. The van der Waals surface area contributed by atoms with Crippen LogP contribution in [-0.2, 0) is 9.47 Å². The van der Waals surface area contributed by atoms with Gasteiger partial charge < -0.3 is 9.47 Å². The zero-order valence-electron chi connectivity index (χ0n) is 8.87. The van der Waals surface area contributed by atoms with Crippen LogP contribution in [0.15, 0.2) is 12.1 Å². The molecule has 2 rings (SSSR count). The van der Waals surface area contributed by atoms with Crippen molar-refractivity contribution >= 4 is 13.3 Å². The SMILES string of the molecule is [B]c1cc(F)c(F)cc1[C@@H](C)OCC1CO1. The van der Waals surface area contributed by atoms with E-state index in [0.717, 1.165) is 12.1 Å². The third-order valence-corrected chi connectivity index (χ3v) is 2.50. The Morgan fingerprint density at radius 2 is 2.12 bits per heavy atom. The maximum Gasteiger partial charge on any atom is 0.159 e. The first-order chi connectivity index (χ1) is 7.58. The molecule has 1 aromatic carbocycles. The van der Waals surface area contributed by atoms with Crippen molar-refractivity contribution in [3.8, 4) is 0 Å². The van der Waals surface area contributed by atoms with Gasteiger partial charge in [-0.1, -0.05) is 5.46 Å². The van der Waals surface area contributed by atoms with Gasteiger partial charge in [0, 0.05) is 0 Å². The molecule has 1 saturated heterocycles. The Hall–Kier alpha value is -0.935. The second-order valence-corrected chi connectivity index (χ2v) is 3.83. The second kappa shape index (κ2) is 4.51. The molecule has 0 spiro atoms. The van der Waals surface area contributed by atoms with Crippen LogP contribution in [0.4, 0.5) is 8.78 Å². The molecule has 1 aliphatic rings. The fourth-order valence-electron chi connectivity index (χ4n) is 1.44. The quantitative estimate of drug-likeness (QED) is 0.566. The topological polar surface area (TPSA) is 21.8 Å². The van der Waals surface area contributed by atoms with Crippen molar-refractivity contribution < 1.29 is 18.3 Å². The van der Waals surface area contributed by atoms with Crippen LogP contribution in [0.1, 0.15) is 18.6 Å². The van der Waals surface area contributed by atoms with Crippen molar-refractivity contribution in [1.82, 2.24) is 0 Å². The lowest BCUT2D eigenvalue weighted by molar-refractivity contribution is 0.0543. The van der Waals surface area contributed by atoms with E-state index in [1.807, 2.05) is 0 Å². The maximum absolute atomic E-state index is 13.0. The molecule has 0 amide bonds. The van der Waals surface area contributed by atoms with Gasteiger partial charge in [-0.15, -0.1) is 0 Å². The molecule has 1 aromatic rings. The lowest BCUT2D eigenvalue weighted by atomic mass is 9.88. The van der Waals surface area contributed by atoms with E-state index in [9.17, 15) is 8.78 Å². The fraction of sp³-hybridized carbons (Fsp3) is 0.455. The molecule has 0 saturated carbocycles. The van der Waals surface area contributed by atoms with E-state index >= 15 is 0 Å². The molecule has 2 atom stereocenters. The van der Waals surface area contributed by atoms with Crippen molar-refractivity contribution in [1.29, 1.82) is 0 Å². The minimum absolute atomic E-state index is 0.133. The molecule has 2 radical (unpaired) electrons. The lowest BCUT2D eigenvalue weighted by Crippen LogP contribution is -2.18. The van der Waals surface area contributed by atoms with Crippen molar-refractivity contribution in [2.24, 2.45) is 0 Å². The molecule has 0 bridgehead atoms. The summed E-state index contributed by atoms with van der Waals surface area (Å²) in [6.45, 7) is 2.88. The van der Waals surface area contributed by atoms with Crippen molar-refractivity contribution in [3.63, 3.8) is 0 Å². The summed E-state index contributed by atoms with van der Waals surface area (Å²) in [5.74, 6) is -1.86. The van der Waals surface area contributed by atoms with Gasteiger partial charge in [-0.2, -0.15) is 0 Å². The van der Waals surface area contributed by atoms with Gasteiger partial charge in [0.05, 0.1) is 19.3 Å². The average molecular weight is 224 g/mol. The predicted molar refractivity (Wildman–Crippen MR) is 55.9 cm³/mol. The van der Waals surface area contributed by atoms with Gasteiger partial charge in [-0.3, -0.25) is 0 Å². The third kappa shape index (κ3) is 2.60. The van der Waals surface area contributed by atoms with Crippen molar-refractivity contribution in [3.05, 3.63) is 29.3 Å². The van der Waals surface area contributed by atoms with Gasteiger partial charge in [0.15, 0.2) is 11.6 Å². The number of benzene rings is 1.